The van der Waals surface area contributed by atoms with Gasteiger partial charge in [0, 0.05) is 23.7 Å². The quantitative estimate of drug-likeness (QED) is 0.814. The minimum absolute atomic E-state index is 0.0801. The molecule has 0 saturated carbocycles. The first-order valence-corrected chi connectivity index (χ1v) is 7.32. The summed E-state index contributed by atoms with van der Waals surface area (Å²) in [4.78, 5) is 8.00. The summed E-state index contributed by atoms with van der Waals surface area (Å²) in [5, 5.41) is 0.492. The summed E-state index contributed by atoms with van der Waals surface area (Å²) in [5.41, 5.74) is 1.53. The molecule has 0 saturated heterocycles. The van der Waals surface area contributed by atoms with E-state index in [2.05, 4.69) is 9.98 Å². The van der Waals surface area contributed by atoms with Gasteiger partial charge in [0.2, 0.25) is 0 Å². The van der Waals surface area contributed by atoms with Crippen molar-refractivity contribution in [2.45, 2.75) is 18.9 Å². The van der Waals surface area contributed by atoms with Gasteiger partial charge in [-0.1, -0.05) is 11.6 Å². The molecular weight excluding hydrogens is 329 g/mol. The Morgan fingerprint density at radius 3 is 2.74 bits per heavy atom. The minimum atomic E-state index is -2.80. The van der Waals surface area contributed by atoms with Crippen molar-refractivity contribution in [2.24, 2.45) is 4.99 Å². The fourth-order valence-corrected chi connectivity index (χ4v) is 2.49. The molecule has 0 fully saturated rings. The maximum absolute atomic E-state index is 14.1. The molecule has 1 aliphatic heterocycles. The van der Waals surface area contributed by atoms with Crippen molar-refractivity contribution >= 4 is 17.5 Å². The number of pyridine rings is 1. The van der Waals surface area contributed by atoms with Crippen molar-refractivity contribution in [3.63, 3.8) is 0 Å². The summed E-state index contributed by atoms with van der Waals surface area (Å²) in [5.74, 6) is -1.14. The molecular formula is C16H12ClF3N2O. The van der Waals surface area contributed by atoms with Crippen LogP contribution in [0.3, 0.4) is 0 Å². The number of ether oxygens (including phenoxy) is 1. The Morgan fingerprint density at radius 1 is 1.22 bits per heavy atom. The van der Waals surface area contributed by atoms with Crippen LogP contribution in [-0.4, -0.2) is 23.9 Å². The third-order valence-corrected chi connectivity index (χ3v) is 3.71. The van der Waals surface area contributed by atoms with Crippen LogP contribution in [0.25, 0.3) is 11.3 Å². The molecule has 0 unspecified atom stereocenters. The highest BCUT2D eigenvalue weighted by Crippen LogP contribution is 2.31. The predicted molar refractivity (Wildman–Crippen MR) is 81.4 cm³/mol. The lowest BCUT2D eigenvalue weighted by molar-refractivity contribution is 0.151. The second kappa shape index (κ2) is 6.58. The lowest BCUT2D eigenvalue weighted by atomic mass is 9.99. The van der Waals surface area contributed by atoms with Crippen LogP contribution in [0.2, 0.25) is 5.02 Å². The highest BCUT2D eigenvalue weighted by atomic mass is 35.5. The topological polar surface area (TPSA) is 34.5 Å². The standard InChI is InChI=1S/C16H12ClF3N2O/c17-10-2-4-13(21-8-10)9-1-3-12(18)11(7-9)14-5-6-23-16(22-14)15(19)20/h1-4,7-8,14-15H,5-6H2/t14-/m1/s1. The summed E-state index contributed by atoms with van der Waals surface area (Å²) in [6.07, 6.45) is -0.978. The van der Waals surface area contributed by atoms with Crippen molar-refractivity contribution in [3.05, 3.63) is 52.9 Å². The normalized spacial score (nSPS) is 17.8. The summed E-state index contributed by atoms with van der Waals surface area (Å²) in [6, 6.07) is 7.12. The van der Waals surface area contributed by atoms with Gasteiger partial charge in [-0.2, -0.15) is 8.78 Å². The Balaban J connectivity index is 1.98. The zero-order valence-corrected chi connectivity index (χ0v) is 12.6. The summed E-state index contributed by atoms with van der Waals surface area (Å²) >= 11 is 5.80. The van der Waals surface area contributed by atoms with Crippen LogP contribution in [0.15, 0.2) is 41.5 Å². The summed E-state index contributed by atoms with van der Waals surface area (Å²) < 4.78 is 44.4. The molecule has 23 heavy (non-hydrogen) atoms. The third kappa shape index (κ3) is 3.47. The van der Waals surface area contributed by atoms with Gasteiger partial charge in [0.15, 0.2) is 0 Å². The predicted octanol–water partition coefficient (Wildman–Crippen LogP) is 4.67. The van der Waals surface area contributed by atoms with Gasteiger partial charge < -0.3 is 4.74 Å². The molecule has 2 aromatic rings. The van der Waals surface area contributed by atoms with E-state index in [1.54, 1.807) is 24.3 Å². The Morgan fingerprint density at radius 2 is 2.04 bits per heavy atom. The molecule has 1 aromatic carbocycles. The van der Waals surface area contributed by atoms with Gasteiger partial charge >= 0.3 is 6.43 Å². The molecule has 0 N–H and O–H groups in total. The number of aromatic nitrogens is 1. The smallest absolute Gasteiger partial charge is 0.312 e. The summed E-state index contributed by atoms with van der Waals surface area (Å²) in [7, 11) is 0. The lowest BCUT2D eigenvalue weighted by Crippen LogP contribution is -2.23. The van der Waals surface area contributed by atoms with Gasteiger partial charge in [-0.25, -0.2) is 9.38 Å². The van der Waals surface area contributed by atoms with Gasteiger partial charge in [-0.15, -0.1) is 0 Å². The molecule has 3 nitrogen and oxygen atoms in total. The average molecular weight is 341 g/mol. The number of hydrogen-bond acceptors (Lipinski definition) is 3. The van der Waals surface area contributed by atoms with Crippen molar-refractivity contribution in [2.75, 3.05) is 6.61 Å². The van der Waals surface area contributed by atoms with E-state index in [0.29, 0.717) is 22.7 Å². The molecule has 3 rings (SSSR count). The van der Waals surface area contributed by atoms with Crippen molar-refractivity contribution in [3.8, 4) is 11.3 Å². The Hall–Kier alpha value is -2.08. The SMILES string of the molecule is Fc1ccc(-c2ccc(Cl)cn2)cc1[C@H]1CCOC(C(F)F)=N1. The third-order valence-electron chi connectivity index (χ3n) is 3.49. The van der Waals surface area contributed by atoms with E-state index in [4.69, 9.17) is 16.3 Å². The molecule has 1 aliphatic rings. The Kier molecular flexibility index (Phi) is 4.52. The molecule has 2 heterocycles. The molecule has 0 radical (unpaired) electrons. The number of aliphatic imine (C=N–C) groups is 1. The number of rotatable bonds is 3. The maximum atomic E-state index is 14.1. The van der Waals surface area contributed by atoms with Gasteiger partial charge in [-0.05, 0) is 30.3 Å². The molecule has 0 amide bonds. The zero-order valence-electron chi connectivity index (χ0n) is 11.8. The van der Waals surface area contributed by atoms with E-state index < -0.39 is 24.2 Å². The molecule has 0 aliphatic carbocycles. The average Bonchev–Trinajstić information content (AvgIpc) is 2.56. The van der Waals surface area contributed by atoms with Crippen LogP contribution < -0.4 is 0 Å². The van der Waals surface area contributed by atoms with Crippen LogP contribution in [0.1, 0.15) is 18.0 Å². The first kappa shape index (κ1) is 15.8. The fourth-order valence-electron chi connectivity index (χ4n) is 2.38. The monoisotopic (exact) mass is 340 g/mol. The second-order valence-corrected chi connectivity index (χ2v) is 5.46. The van der Waals surface area contributed by atoms with Crippen molar-refractivity contribution in [1.29, 1.82) is 0 Å². The van der Waals surface area contributed by atoms with Crippen molar-refractivity contribution in [1.82, 2.24) is 4.98 Å². The highest BCUT2D eigenvalue weighted by molar-refractivity contribution is 6.30. The van der Waals surface area contributed by atoms with Crippen LogP contribution in [0.4, 0.5) is 13.2 Å². The number of alkyl halides is 2. The second-order valence-electron chi connectivity index (χ2n) is 5.02. The first-order chi connectivity index (χ1) is 11.0. The molecule has 0 bridgehead atoms. The molecule has 120 valence electrons. The van der Waals surface area contributed by atoms with Gasteiger partial charge in [0.05, 0.1) is 23.4 Å². The molecule has 0 spiro atoms. The number of nitrogens with zero attached hydrogens (tertiary/aromatic N) is 2. The maximum Gasteiger partial charge on any atom is 0.312 e. The molecule has 1 atom stereocenters. The van der Waals surface area contributed by atoms with Crippen LogP contribution in [-0.2, 0) is 4.74 Å². The van der Waals surface area contributed by atoms with E-state index in [1.807, 2.05) is 0 Å². The van der Waals surface area contributed by atoms with E-state index in [1.165, 1.54) is 12.3 Å². The first-order valence-electron chi connectivity index (χ1n) is 6.94. The highest BCUT2D eigenvalue weighted by Gasteiger charge is 2.25. The Labute approximate surface area is 135 Å². The minimum Gasteiger partial charge on any atom is -0.477 e. The number of halogens is 4. The van der Waals surface area contributed by atoms with E-state index in [9.17, 15) is 13.2 Å². The molecule has 1 aromatic heterocycles. The van der Waals surface area contributed by atoms with Gasteiger partial charge in [0.1, 0.15) is 5.82 Å². The largest absolute Gasteiger partial charge is 0.477 e. The zero-order chi connectivity index (χ0) is 16.4. The van der Waals surface area contributed by atoms with E-state index in [-0.39, 0.29) is 12.2 Å². The van der Waals surface area contributed by atoms with Gasteiger partial charge in [-0.3, -0.25) is 4.98 Å². The molecule has 7 heteroatoms. The van der Waals surface area contributed by atoms with E-state index in [0.717, 1.165) is 0 Å². The van der Waals surface area contributed by atoms with E-state index >= 15 is 0 Å². The van der Waals surface area contributed by atoms with Gasteiger partial charge in [0.25, 0.3) is 5.90 Å². The van der Waals surface area contributed by atoms with Crippen LogP contribution >= 0.6 is 11.6 Å². The fraction of sp³-hybridized carbons (Fsp3) is 0.250. The van der Waals surface area contributed by atoms with Crippen LogP contribution in [0, 0.1) is 5.82 Å². The number of hydrogen-bond donors (Lipinski definition) is 0. The van der Waals surface area contributed by atoms with Crippen LogP contribution in [0.5, 0.6) is 0 Å². The Bertz CT molecular complexity index is 735. The van der Waals surface area contributed by atoms with Crippen molar-refractivity contribution < 1.29 is 17.9 Å². The summed E-state index contributed by atoms with van der Waals surface area (Å²) in [6.45, 7) is 0.0801. The lowest BCUT2D eigenvalue weighted by Gasteiger charge is -2.22. The number of benzene rings is 1.